The quantitative estimate of drug-likeness (QED) is 0.624. The number of aryl methyl sites for hydroxylation is 2. The van der Waals surface area contributed by atoms with Gasteiger partial charge in [0, 0.05) is 38.8 Å². The molecule has 174 valence electrons. The van der Waals surface area contributed by atoms with Crippen LogP contribution < -0.4 is 5.32 Å². The average molecular weight is 449 g/mol. The van der Waals surface area contributed by atoms with Gasteiger partial charge in [-0.1, -0.05) is 30.3 Å². The number of piperidine rings is 1. The summed E-state index contributed by atoms with van der Waals surface area (Å²) in [6, 6.07) is 13.8. The highest BCUT2D eigenvalue weighted by Crippen LogP contribution is 2.39. The van der Waals surface area contributed by atoms with E-state index in [2.05, 4.69) is 27.4 Å². The first-order valence-corrected chi connectivity index (χ1v) is 11.8. The van der Waals surface area contributed by atoms with Crippen molar-refractivity contribution in [2.45, 2.75) is 50.9 Å². The highest BCUT2D eigenvalue weighted by Gasteiger charge is 2.42. The molecule has 2 saturated heterocycles. The molecule has 0 unspecified atom stereocenters. The van der Waals surface area contributed by atoms with Crippen molar-refractivity contribution in [1.82, 2.24) is 20.0 Å². The molecular formula is C26H32N4O3. The summed E-state index contributed by atoms with van der Waals surface area (Å²) in [4.78, 5) is 14.9. The van der Waals surface area contributed by atoms with Crippen LogP contribution in [0.3, 0.4) is 0 Å². The van der Waals surface area contributed by atoms with Crippen LogP contribution in [0.25, 0.3) is 10.8 Å². The molecule has 0 saturated carbocycles. The summed E-state index contributed by atoms with van der Waals surface area (Å²) in [5.74, 6) is 0.262. The molecule has 2 aliphatic heterocycles. The van der Waals surface area contributed by atoms with E-state index in [1.54, 1.807) is 23.9 Å². The molecule has 2 aliphatic rings. The molecule has 1 spiro atoms. The summed E-state index contributed by atoms with van der Waals surface area (Å²) >= 11 is 0. The second-order valence-electron chi connectivity index (χ2n) is 9.53. The minimum absolute atomic E-state index is 0.0527. The first-order valence-electron chi connectivity index (χ1n) is 11.8. The van der Waals surface area contributed by atoms with Crippen LogP contribution in [0.4, 0.5) is 0 Å². The second-order valence-corrected chi connectivity index (χ2v) is 9.53. The van der Waals surface area contributed by atoms with E-state index in [1.165, 1.54) is 0 Å². The largest absolute Gasteiger partial charge is 0.508 e. The number of phenolic OH excluding ortho intramolecular Hbond substituents is 1. The Bertz CT molecular complexity index is 1160. The molecule has 3 heterocycles. The van der Waals surface area contributed by atoms with Gasteiger partial charge in [-0.2, -0.15) is 5.10 Å². The SMILES string of the molecule is Cc1cc(C(=O)NC[C@H]2CCC3(CCN(Cc4c(O)ccc5ccccc45)CC3)O2)n(C)n1. The van der Waals surface area contributed by atoms with Crippen molar-refractivity contribution in [3.8, 4) is 5.75 Å². The van der Waals surface area contributed by atoms with Crippen LogP contribution in [0.1, 0.15) is 47.4 Å². The number of hydrogen-bond acceptors (Lipinski definition) is 5. The highest BCUT2D eigenvalue weighted by molar-refractivity contribution is 5.92. The fourth-order valence-corrected chi connectivity index (χ4v) is 5.36. The van der Waals surface area contributed by atoms with E-state index in [0.717, 1.165) is 67.3 Å². The van der Waals surface area contributed by atoms with E-state index in [1.807, 2.05) is 25.1 Å². The zero-order chi connectivity index (χ0) is 23.0. The Morgan fingerprint density at radius 1 is 1.21 bits per heavy atom. The van der Waals surface area contributed by atoms with E-state index in [9.17, 15) is 9.90 Å². The van der Waals surface area contributed by atoms with Crippen molar-refractivity contribution in [3.63, 3.8) is 0 Å². The number of hydrogen-bond donors (Lipinski definition) is 2. The highest BCUT2D eigenvalue weighted by atomic mass is 16.5. The topological polar surface area (TPSA) is 79.6 Å². The number of amides is 1. The number of aromatic nitrogens is 2. The molecule has 0 aliphatic carbocycles. The van der Waals surface area contributed by atoms with Crippen LogP contribution in [-0.2, 0) is 18.3 Å². The van der Waals surface area contributed by atoms with Gasteiger partial charge < -0.3 is 15.2 Å². The standard InChI is InChI=1S/C26H32N4O3/c1-18-15-23(29(2)28-18)25(32)27-16-20-9-10-26(33-20)11-13-30(14-12-26)17-22-21-6-4-3-5-19(21)7-8-24(22)31/h3-8,15,20,31H,9-14,16-17H2,1-2H3,(H,27,32)/t20-/m1/s1. The number of likely N-dealkylation sites (tertiary alicyclic amines) is 1. The van der Waals surface area contributed by atoms with Crippen molar-refractivity contribution in [3.05, 3.63) is 59.4 Å². The molecule has 0 radical (unpaired) electrons. The lowest BCUT2D eigenvalue weighted by Gasteiger charge is -2.39. The normalized spacial score (nSPS) is 20.5. The minimum atomic E-state index is -0.104. The molecule has 2 N–H and O–H groups in total. The van der Waals surface area contributed by atoms with E-state index in [4.69, 9.17) is 4.74 Å². The zero-order valence-electron chi connectivity index (χ0n) is 19.4. The number of carbonyl (C=O) groups is 1. The van der Waals surface area contributed by atoms with Gasteiger partial charge in [-0.05, 0) is 55.5 Å². The lowest BCUT2D eigenvalue weighted by atomic mass is 9.88. The number of nitrogens with zero attached hydrogens (tertiary/aromatic N) is 3. The number of benzene rings is 2. The third kappa shape index (κ3) is 4.48. The van der Waals surface area contributed by atoms with Gasteiger partial charge in [-0.15, -0.1) is 0 Å². The van der Waals surface area contributed by atoms with Gasteiger partial charge in [0.05, 0.1) is 17.4 Å². The summed E-state index contributed by atoms with van der Waals surface area (Å²) in [5.41, 5.74) is 2.32. The van der Waals surface area contributed by atoms with Crippen LogP contribution in [0.2, 0.25) is 0 Å². The maximum absolute atomic E-state index is 12.5. The van der Waals surface area contributed by atoms with Crippen LogP contribution in [0.15, 0.2) is 42.5 Å². The molecule has 0 bridgehead atoms. The Labute approximate surface area is 194 Å². The van der Waals surface area contributed by atoms with E-state index < -0.39 is 0 Å². The molecule has 3 aromatic rings. The maximum Gasteiger partial charge on any atom is 0.269 e. The molecule has 1 atom stereocenters. The number of fused-ring (bicyclic) bond motifs is 1. The monoisotopic (exact) mass is 448 g/mol. The van der Waals surface area contributed by atoms with E-state index in [-0.39, 0.29) is 17.6 Å². The molecule has 1 amide bonds. The van der Waals surface area contributed by atoms with Crippen LogP contribution in [0, 0.1) is 6.92 Å². The van der Waals surface area contributed by atoms with Gasteiger partial charge in [-0.3, -0.25) is 14.4 Å². The van der Waals surface area contributed by atoms with E-state index in [0.29, 0.717) is 18.0 Å². The Hall–Kier alpha value is -2.90. The molecule has 7 heteroatoms. The number of nitrogens with one attached hydrogen (secondary N) is 1. The zero-order valence-corrected chi connectivity index (χ0v) is 19.4. The number of carbonyl (C=O) groups excluding carboxylic acids is 1. The minimum Gasteiger partial charge on any atom is -0.508 e. The van der Waals surface area contributed by atoms with Gasteiger partial charge in [0.15, 0.2) is 0 Å². The summed E-state index contributed by atoms with van der Waals surface area (Å²) in [5, 5.41) is 20.0. The Balaban J connectivity index is 1.15. The third-order valence-corrected chi connectivity index (χ3v) is 7.23. The molecule has 33 heavy (non-hydrogen) atoms. The van der Waals surface area contributed by atoms with Crippen LogP contribution >= 0.6 is 0 Å². The van der Waals surface area contributed by atoms with Crippen molar-refractivity contribution in [1.29, 1.82) is 0 Å². The molecule has 7 nitrogen and oxygen atoms in total. The summed E-state index contributed by atoms with van der Waals surface area (Å²) in [6.45, 7) is 5.03. The Morgan fingerprint density at radius 2 is 2.00 bits per heavy atom. The predicted molar refractivity (Wildman–Crippen MR) is 127 cm³/mol. The lowest BCUT2D eigenvalue weighted by molar-refractivity contribution is -0.0764. The average Bonchev–Trinajstić information content (AvgIpc) is 3.37. The fourth-order valence-electron chi connectivity index (χ4n) is 5.36. The third-order valence-electron chi connectivity index (χ3n) is 7.23. The number of rotatable bonds is 5. The molecule has 2 aromatic carbocycles. The van der Waals surface area contributed by atoms with Crippen LogP contribution in [-0.4, -0.2) is 57.0 Å². The van der Waals surface area contributed by atoms with Crippen molar-refractivity contribution < 1.29 is 14.6 Å². The molecule has 2 fully saturated rings. The molecular weight excluding hydrogens is 416 g/mol. The number of phenols is 1. The van der Waals surface area contributed by atoms with Crippen LogP contribution in [0.5, 0.6) is 5.75 Å². The van der Waals surface area contributed by atoms with Gasteiger partial charge in [-0.25, -0.2) is 0 Å². The van der Waals surface area contributed by atoms with Crippen molar-refractivity contribution >= 4 is 16.7 Å². The smallest absolute Gasteiger partial charge is 0.269 e. The first-order chi connectivity index (χ1) is 15.9. The molecule has 1 aromatic heterocycles. The van der Waals surface area contributed by atoms with Crippen molar-refractivity contribution in [2.24, 2.45) is 7.05 Å². The molecule has 5 rings (SSSR count). The number of aromatic hydroxyl groups is 1. The van der Waals surface area contributed by atoms with Gasteiger partial charge >= 0.3 is 0 Å². The lowest BCUT2D eigenvalue weighted by Crippen LogP contribution is -2.45. The fraction of sp³-hybridized carbons (Fsp3) is 0.462. The summed E-state index contributed by atoms with van der Waals surface area (Å²) < 4.78 is 8.11. The summed E-state index contributed by atoms with van der Waals surface area (Å²) in [7, 11) is 1.79. The van der Waals surface area contributed by atoms with Gasteiger partial charge in [0.25, 0.3) is 5.91 Å². The van der Waals surface area contributed by atoms with Crippen molar-refractivity contribution in [2.75, 3.05) is 19.6 Å². The first kappa shape index (κ1) is 21.9. The summed E-state index contributed by atoms with van der Waals surface area (Å²) in [6.07, 6.45) is 4.01. The Kier molecular flexibility index (Phi) is 5.85. The maximum atomic E-state index is 12.5. The van der Waals surface area contributed by atoms with Gasteiger partial charge in [0.1, 0.15) is 11.4 Å². The Morgan fingerprint density at radius 3 is 2.76 bits per heavy atom. The predicted octanol–water partition coefficient (Wildman–Crippen LogP) is 3.53. The van der Waals surface area contributed by atoms with Gasteiger partial charge in [0.2, 0.25) is 0 Å². The number of ether oxygens (including phenoxy) is 1. The van der Waals surface area contributed by atoms with E-state index >= 15 is 0 Å². The second kappa shape index (κ2) is 8.80.